The van der Waals surface area contributed by atoms with Crippen LogP contribution in [0, 0.1) is 11.3 Å². The van der Waals surface area contributed by atoms with Crippen molar-refractivity contribution in [2.45, 2.75) is 19.9 Å². The molecule has 0 N–H and O–H groups in total. The summed E-state index contributed by atoms with van der Waals surface area (Å²) in [4.78, 5) is 12.6. The summed E-state index contributed by atoms with van der Waals surface area (Å²) >= 11 is 0. The molecule has 3 rings (SSSR count). The van der Waals surface area contributed by atoms with E-state index in [1.54, 1.807) is 23.8 Å². The second-order valence-corrected chi connectivity index (χ2v) is 5.59. The first kappa shape index (κ1) is 15.8. The van der Waals surface area contributed by atoms with Crippen molar-refractivity contribution in [3.63, 3.8) is 0 Å². The molecule has 1 aliphatic rings. The Hall–Kier alpha value is -3.06. The zero-order valence-corrected chi connectivity index (χ0v) is 13.7. The van der Waals surface area contributed by atoms with E-state index in [-0.39, 0.29) is 5.56 Å². The van der Waals surface area contributed by atoms with Crippen LogP contribution in [0.1, 0.15) is 23.6 Å². The Morgan fingerprint density at radius 2 is 2.21 bits per heavy atom. The van der Waals surface area contributed by atoms with Gasteiger partial charge >= 0.3 is 0 Å². The van der Waals surface area contributed by atoms with Crippen LogP contribution in [0.4, 0.5) is 0 Å². The number of allylic oxidation sites excluding steroid dienone is 3. The summed E-state index contributed by atoms with van der Waals surface area (Å²) in [5.74, 6) is 0.688. The second kappa shape index (κ2) is 6.59. The van der Waals surface area contributed by atoms with Crippen LogP contribution in [0.5, 0.6) is 5.75 Å². The molecule has 0 saturated carbocycles. The van der Waals surface area contributed by atoms with E-state index in [0.717, 1.165) is 22.3 Å². The largest absolute Gasteiger partial charge is 0.496 e. The molecule has 1 aromatic carbocycles. The van der Waals surface area contributed by atoms with Crippen molar-refractivity contribution in [1.29, 1.82) is 5.26 Å². The Kier molecular flexibility index (Phi) is 4.35. The van der Waals surface area contributed by atoms with Crippen LogP contribution >= 0.6 is 0 Å². The fraction of sp³-hybridized carbons (Fsp3) is 0.200. The van der Waals surface area contributed by atoms with E-state index in [9.17, 15) is 10.1 Å². The van der Waals surface area contributed by atoms with Gasteiger partial charge in [-0.15, -0.1) is 0 Å². The van der Waals surface area contributed by atoms with Crippen LogP contribution in [-0.4, -0.2) is 11.7 Å². The Bertz CT molecular complexity index is 943. The second-order valence-electron chi connectivity index (χ2n) is 5.59. The molecule has 0 amide bonds. The zero-order chi connectivity index (χ0) is 17.1. The molecule has 4 heteroatoms. The van der Waals surface area contributed by atoms with Crippen LogP contribution in [0.15, 0.2) is 47.4 Å². The van der Waals surface area contributed by atoms with Crippen LogP contribution in [0.25, 0.3) is 17.2 Å². The summed E-state index contributed by atoms with van der Waals surface area (Å²) in [7, 11) is 1.61. The fourth-order valence-electron chi connectivity index (χ4n) is 2.97. The molecule has 0 aliphatic heterocycles. The minimum Gasteiger partial charge on any atom is -0.496 e. The molecular weight excluding hydrogens is 300 g/mol. The number of ether oxygens (including phenoxy) is 1. The molecule has 0 atom stereocenters. The van der Waals surface area contributed by atoms with Crippen LogP contribution in [-0.2, 0) is 13.0 Å². The fourth-order valence-corrected chi connectivity index (χ4v) is 2.97. The molecule has 0 fully saturated rings. The first-order valence-electron chi connectivity index (χ1n) is 7.82. The van der Waals surface area contributed by atoms with Crippen molar-refractivity contribution >= 4 is 6.08 Å². The van der Waals surface area contributed by atoms with E-state index in [2.05, 4.69) is 6.07 Å². The molecule has 1 aromatic heterocycles. The Balaban J connectivity index is 2.29. The summed E-state index contributed by atoms with van der Waals surface area (Å²) in [5.41, 5.74) is 4.05. The maximum Gasteiger partial charge on any atom is 0.254 e. The molecule has 0 unspecified atom stereocenters. The third-order valence-electron chi connectivity index (χ3n) is 4.18. The highest BCUT2D eigenvalue weighted by Crippen LogP contribution is 2.36. The standard InChI is InChI=1S/C20H18N2O2/c1-3-4-10-22-13-18(15-6-5-7-16(15)20(22)23)17-11-14(12-21)8-9-19(17)24-2/h3-6,8-9,11,13H,7,10H2,1-2H3. The van der Waals surface area contributed by atoms with E-state index < -0.39 is 0 Å². The lowest BCUT2D eigenvalue weighted by Gasteiger charge is -2.15. The van der Waals surface area contributed by atoms with Crippen LogP contribution in [0.3, 0.4) is 0 Å². The van der Waals surface area contributed by atoms with Gasteiger partial charge in [-0.25, -0.2) is 0 Å². The SMILES string of the molecule is CC=CCn1cc(-c2cc(C#N)ccc2OC)c2c(c1=O)CC=C2. The van der Waals surface area contributed by atoms with Gasteiger partial charge in [-0.2, -0.15) is 5.26 Å². The Labute approximate surface area is 140 Å². The summed E-state index contributed by atoms with van der Waals surface area (Å²) in [6.45, 7) is 2.45. The Morgan fingerprint density at radius 3 is 2.92 bits per heavy atom. The van der Waals surface area contributed by atoms with Crippen molar-refractivity contribution in [3.05, 3.63) is 69.7 Å². The van der Waals surface area contributed by atoms with E-state index in [0.29, 0.717) is 24.3 Å². The highest BCUT2D eigenvalue weighted by atomic mass is 16.5. The lowest BCUT2D eigenvalue weighted by Crippen LogP contribution is -2.23. The monoisotopic (exact) mass is 318 g/mol. The molecule has 0 bridgehead atoms. The normalized spacial score (nSPS) is 12.4. The van der Waals surface area contributed by atoms with E-state index in [1.165, 1.54) is 0 Å². The maximum absolute atomic E-state index is 12.6. The van der Waals surface area contributed by atoms with Crippen molar-refractivity contribution in [1.82, 2.24) is 4.57 Å². The molecule has 0 saturated heterocycles. The van der Waals surface area contributed by atoms with Gasteiger partial charge in [-0.1, -0.05) is 24.3 Å². The highest BCUT2D eigenvalue weighted by molar-refractivity contribution is 5.82. The number of rotatable bonds is 4. The summed E-state index contributed by atoms with van der Waals surface area (Å²) in [6.07, 6.45) is 10.3. The summed E-state index contributed by atoms with van der Waals surface area (Å²) < 4.78 is 7.18. The lowest BCUT2D eigenvalue weighted by atomic mass is 9.97. The first-order chi connectivity index (χ1) is 11.7. The average Bonchev–Trinajstić information content (AvgIpc) is 3.11. The van der Waals surface area contributed by atoms with Crippen molar-refractivity contribution in [2.75, 3.05) is 7.11 Å². The quantitative estimate of drug-likeness (QED) is 0.810. The molecular formula is C20H18N2O2. The molecule has 24 heavy (non-hydrogen) atoms. The van der Waals surface area contributed by atoms with Gasteiger partial charge in [0.2, 0.25) is 0 Å². The molecule has 0 spiro atoms. The minimum absolute atomic E-state index is 0.0345. The average molecular weight is 318 g/mol. The number of fused-ring (bicyclic) bond motifs is 1. The van der Waals surface area contributed by atoms with Gasteiger partial charge in [0.05, 0.1) is 18.7 Å². The third-order valence-corrected chi connectivity index (χ3v) is 4.18. The van der Waals surface area contributed by atoms with Gasteiger partial charge in [-0.3, -0.25) is 4.79 Å². The third kappa shape index (κ3) is 2.65. The van der Waals surface area contributed by atoms with Crippen molar-refractivity contribution < 1.29 is 4.74 Å². The van der Waals surface area contributed by atoms with Crippen molar-refractivity contribution in [3.8, 4) is 22.9 Å². The molecule has 1 heterocycles. The van der Waals surface area contributed by atoms with E-state index >= 15 is 0 Å². The topological polar surface area (TPSA) is 55.0 Å². The van der Waals surface area contributed by atoms with E-state index in [1.807, 2.05) is 43.5 Å². The number of benzene rings is 1. The maximum atomic E-state index is 12.6. The lowest BCUT2D eigenvalue weighted by molar-refractivity contribution is 0.416. The van der Waals surface area contributed by atoms with Gasteiger partial charge in [-0.05, 0) is 37.1 Å². The van der Waals surface area contributed by atoms with Gasteiger partial charge < -0.3 is 9.30 Å². The zero-order valence-electron chi connectivity index (χ0n) is 13.7. The number of pyridine rings is 1. The number of nitrogens with zero attached hydrogens (tertiary/aromatic N) is 2. The van der Waals surface area contributed by atoms with E-state index in [4.69, 9.17) is 4.74 Å². The molecule has 2 aromatic rings. The van der Waals surface area contributed by atoms with Gasteiger partial charge in [0.15, 0.2) is 0 Å². The number of methoxy groups -OCH3 is 1. The van der Waals surface area contributed by atoms with Crippen molar-refractivity contribution in [2.24, 2.45) is 0 Å². The van der Waals surface area contributed by atoms with Crippen LogP contribution in [0.2, 0.25) is 0 Å². The summed E-state index contributed by atoms with van der Waals surface area (Å²) in [6, 6.07) is 7.50. The predicted molar refractivity (Wildman–Crippen MR) is 95.0 cm³/mol. The summed E-state index contributed by atoms with van der Waals surface area (Å²) in [5, 5.41) is 9.21. The van der Waals surface area contributed by atoms with Gasteiger partial charge in [0, 0.05) is 29.4 Å². The molecule has 1 aliphatic carbocycles. The minimum atomic E-state index is 0.0345. The highest BCUT2D eigenvalue weighted by Gasteiger charge is 2.19. The van der Waals surface area contributed by atoms with Gasteiger partial charge in [0.1, 0.15) is 5.75 Å². The molecule has 0 radical (unpaired) electrons. The van der Waals surface area contributed by atoms with Crippen LogP contribution < -0.4 is 10.3 Å². The number of hydrogen-bond donors (Lipinski definition) is 0. The number of nitriles is 1. The Morgan fingerprint density at radius 1 is 1.38 bits per heavy atom. The first-order valence-corrected chi connectivity index (χ1v) is 7.82. The predicted octanol–water partition coefficient (Wildman–Crippen LogP) is 3.54. The van der Waals surface area contributed by atoms with Gasteiger partial charge in [0.25, 0.3) is 5.56 Å². The molecule has 120 valence electrons. The molecule has 4 nitrogen and oxygen atoms in total. The smallest absolute Gasteiger partial charge is 0.254 e. The number of aromatic nitrogens is 1. The number of hydrogen-bond acceptors (Lipinski definition) is 3.